The predicted molar refractivity (Wildman–Crippen MR) is 45.3 cm³/mol. The average molecular weight is 152 g/mol. The van der Waals surface area contributed by atoms with Crippen molar-refractivity contribution in [2.45, 2.75) is 33.0 Å². The van der Waals surface area contributed by atoms with Gasteiger partial charge in [0.1, 0.15) is 0 Å². The Balaban J connectivity index is 2.22. The summed E-state index contributed by atoms with van der Waals surface area (Å²) in [7, 11) is 0. The first-order valence-corrected chi connectivity index (χ1v) is 4.54. The van der Waals surface area contributed by atoms with E-state index in [1.54, 1.807) is 0 Å². The van der Waals surface area contributed by atoms with E-state index in [1.165, 1.54) is 0 Å². The van der Waals surface area contributed by atoms with Gasteiger partial charge in [-0.15, -0.1) is 0 Å². The quantitative estimate of drug-likeness (QED) is 0.484. The lowest BCUT2D eigenvalue weighted by atomic mass is 9.79. The predicted octanol–water partition coefficient (Wildman–Crippen LogP) is 2.23. The smallest absolute Gasteiger partial charge is 0.0793 e. The van der Waals surface area contributed by atoms with Crippen molar-refractivity contribution in [2.24, 2.45) is 17.8 Å². The lowest BCUT2D eigenvalue weighted by molar-refractivity contribution is -0.0741. The van der Waals surface area contributed by atoms with E-state index in [4.69, 9.17) is 4.74 Å². The minimum Gasteiger partial charge on any atom is -0.366 e. The molecule has 2 aliphatic heterocycles. The maximum absolute atomic E-state index is 5.78. The van der Waals surface area contributed by atoms with Crippen molar-refractivity contribution in [2.75, 3.05) is 0 Å². The minimum atomic E-state index is 0.409. The third kappa shape index (κ3) is 0.943. The molecule has 0 aromatic carbocycles. The van der Waals surface area contributed by atoms with Crippen LogP contribution in [0.4, 0.5) is 0 Å². The fourth-order valence-electron chi connectivity index (χ4n) is 2.17. The molecular weight excluding hydrogens is 136 g/mol. The fourth-order valence-corrected chi connectivity index (χ4v) is 2.17. The van der Waals surface area contributed by atoms with Gasteiger partial charge in [-0.05, 0) is 17.8 Å². The Kier molecular flexibility index (Phi) is 1.57. The van der Waals surface area contributed by atoms with Crippen LogP contribution in [0.3, 0.4) is 0 Å². The number of hydrogen-bond donors (Lipinski definition) is 0. The zero-order chi connectivity index (χ0) is 8.01. The third-order valence-electron chi connectivity index (χ3n) is 3.50. The van der Waals surface area contributed by atoms with Crippen LogP contribution in [0.1, 0.15) is 20.8 Å². The van der Waals surface area contributed by atoms with E-state index in [9.17, 15) is 0 Å². The van der Waals surface area contributed by atoms with Gasteiger partial charge < -0.3 is 4.74 Å². The lowest BCUT2D eigenvalue weighted by Gasteiger charge is -2.37. The van der Waals surface area contributed by atoms with Crippen LogP contribution in [-0.4, -0.2) is 12.2 Å². The van der Waals surface area contributed by atoms with Crippen molar-refractivity contribution in [3.05, 3.63) is 12.2 Å². The second-order valence-corrected chi connectivity index (χ2v) is 4.03. The molecule has 0 aliphatic carbocycles. The van der Waals surface area contributed by atoms with Crippen molar-refractivity contribution in [3.8, 4) is 0 Å². The number of ether oxygens (including phenoxy) is 1. The molecule has 2 aliphatic rings. The molecule has 0 spiro atoms. The maximum Gasteiger partial charge on any atom is 0.0793 e. The first-order valence-electron chi connectivity index (χ1n) is 4.54. The van der Waals surface area contributed by atoms with Crippen molar-refractivity contribution >= 4 is 0 Å². The topological polar surface area (TPSA) is 9.23 Å². The highest BCUT2D eigenvalue weighted by atomic mass is 16.5. The van der Waals surface area contributed by atoms with Gasteiger partial charge in [0, 0.05) is 0 Å². The molecule has 0 aromatic rings. The molecule has 1 saturated heterocycles. The molecule has 5 atom stereocenters. The summed E-state index contributed by atoms with van der Waals surface area (Å²) in [6.07, 6.45) is 5.28. The van der Waals surface area contributed by atoms with Crippen molar-refractivity contribution in [1.82, 2.24) is 0 Å². The zero-order valence-electron chi connectivity index (χ0n) is 7.45. The molecular formula is C10H16O. The van der Waals surface area contributed by atoms with Gasteiger partial charge in [0.2, 0.25) is 0 Å². The van der Waals surface area contributed by atoms with Crippen LogP contribution in [-0.2, 0) is 4.74 Å². The van der Waals surface area contributed by atoms with Gasteiger partial charge in [-0.1, -0.05) is 32.9 Å². The molecule has 0 N–H and O–H groups in total. The Morgan fingerprint density at radius 2 is 1.27 bits per heavy atom. The number of hydrogen-bond acceptors (Lipinski definition) is 1. The van der Waals surface area contributed by atoms with Crippen molar-refractivity contribution in [3.63, 3.8) is 0 Å². The summed E-state index contributed by atoms with van der Waals surface area (Å²) in [5.41, 5.74) is 0. The zero-order valence-corrected chi connectivity index (χ0v) is 7.45. The standard InChI is InChI=1S/C10H16O/c1-6-7(2)9-4-5-10(11-9)8(6)3/h4-10H,1-3H3/t6?,7-,8+,9?,10?. The van der Waals surface area contributed by atoms with Crippen LogP contribution in [0.25, 0.3) is 0 Å². The molecule has 1 nitrogen and oxygen atoms in total. The summed E-state index contributed by atoms with van der Waals surface area (Å²) in [5.74, 6) is 2.19. The van der Waals surface area contributed by atoms with Crippen LogP contribution < -0.4 is 0 Å². The number of rotatable bonds is 0. The Hall–Kier alpha value is -0.300. The summed E-state index contributed by atoms with van der Waals surface area (Å²) < 4.78 is 5.78. The second-order valence-electron chi connectivity index (χ2n) is 4.03. The maximum atomic E-state index is 5.78. The van der Waals surface area contributed by atoms with Crippen LogP contribution in [0.15, 0.2) is 12.2 Å². The molecule has 62 valence electrons. The highest BCUT2D eigenvalue weighted by molar-refractivity contribution is 5.10. The Labute approximate surface area is 68.4 Å². The Morgan fingerprint density at radius 3 is 1.73 bits per heavy atom. The van der Waals surface area contributed by atoms with Gasteiger partial charge >= 0.3 is 0 Å². The SMILES string of the molecule is CC1[C@H](C)C2C=CC(O2)[C@@H]1C. The Bertz CT molecular complexity index is 167. The molecule has 0 amide bonds. The van der Waals surface area contributed by atoms with Crippen LogP contribution >= 0.6 is 0 Å². The summed E-state index contributed by atoms with van der Waals surface area (Å²) in [4.78, 5) is 0. The van der Waals surface area contributed by atoms with E-state index in [-0.39, 0.29) is 0 Å². The Morgan fingerprint density at radius 1 is 0.818 bits per heavy atom. The number of fused-ring (bicyclic) bond motifs is 2. The molecule has 1 heteroatoms. The summed E-state index contributed by atoms with van der Waals surface area (Å²) in [6, 6.07) is 0. The highest BCUT2D eigenvalue weighted by Crippen LogP contribution is 2.39. The van der Waals surface area contributed by atoms with Gasteiger partial charge in [0.05, 0.1) is 12.2 Å². The first kappa shape index (κ1) is 7.35. The van der Waals surface area contributed by atoms with Gasteiger partial charge in [-0.2, -0.15) is 0 Å². The monoisotopic (exact) mass is 152 g/mol. The van der Waals surface area contributed by atoms with Crippen LogP contribution in [0.2, 0.25) is 0 Å². The summed E-state index contributed by atoms with van der Waals surface area (Å²) >= 11 is 0. The molecule has 2 rings (SSSR count). The van der Waals surface area contributed by atoms with Gasteiger partial charge in [0.25, 0.3) is 0 Å². The molecule has 0 saturated carbocycles. The molecule has 1 fully saturated rings. The lowest BCUT2D eigenvalue weighted by Crippen LogP contribution is -2.39. The summed E-state index contributed by atoms with van der Waals surface area (Å²) in [5, 5.41) is 0. The molecule has 2 heterocycles. The van der Waals surface area contributed by atoms with E-state index in [2.05, 4.69) is 32.9 Å². The van der Waals surface area contributed by atoms with Crippen LogP contribution in [0.5, 0.6) is 0 Å². The van der Waals surface area contributed by atoms with Gasteiger partial charge in [-0.25, -0.2) is 0 Å². The van der Waals surface area contributed by atoms with Gasteiger partial charge in [-0.3, -0.25) is 0 Å². The second kappa shape index (κ2) is 2.34. The first-order chi connectivity index (χ1) is 5.20. The van der Waals surface area contributed by atoms with E-state index in [0.717, 1.165) is 5.92 Å². The third-order valence-corrected chi connectivity index (χ3v) is 3.50. The fraction of sp³-hybridized carbons (Fsp3) is 0.800. The minimum absolute atomic E-state index is 0.409. The van der Waals surface area contributed by atoms with Crippen LogP contribution in [0, 0.1) is 17.8 Å². The molecule has 0 radical (unpaired) electrons. The average Bonchev–Trinajstić information content (AvgIpc) is 2.44. The van der Waals surface area contributed by atoms with E-state index in [0.29, 0.717) is 24.0 Å². The highest BCUT2D eigenvalue weighted by Gasteiger charge is 2.39. The molecule has 0 aromatic heterocycles. The molecule has 2 bridgehead atoms. The van der Waals surface area contributed by atoms with Crippen molar-refractivity contribution < 1.29 is 4.74 Å². The van der Waals surface area contributed by atoms with E-state index in [1.807, 2.05) is 0 Å². The van der Waals surface area contributed by atoms with Crippen molar-refractivity contribution in [1.29, 1.82) is 0 Å². The van der Waals surface area contributed by atoms with E-state index >= 15 is 0 Å². The largest absolute Gasteiger partial charge is 0.366 e. The summed E-state index contributed by atoms with van der Waals surface area (Å²) in [6.45, 7) is 6.92. The van der Waals surface area contributed by atoms with Gasteiger partial charge in [0.15, 0.2) is 0 Å². The molecule has 3 unspecified atom stereocenters. The molecule has 11 heavy (non-hydrogen) atoms. The normalized spacial score (nSPS) is 55.0. The van der Waals surface area contributed by atoms with E-state index < -0.39 is 0 Å².